The second-order valence-electron chi connectivity index (χ2n) is 9.37. The number of nitriles is 1. The summed E-state index contributed by atoms with van der Waals surface area (Å²) in [5.41, 5.74) is 3.93. The smallest absolute Gasteiger partial charge is 0.203 e. The van der Waals surface area contributed by atoms with E-state index in [2.05, 4.69) is 21.7 Å². The zero-order chi connectivity index (χ0) is 23.1. The molecule has 0 spiro atoms. The molecule has 1 aliphatic heterocycles. The fourth-order valence-electron chi connectivity index (χ4n) is 5.51. The van der Waals surface area contributed by atoms with Crippen LogP contribution in [-0.4, -0.2) is 34.5 Å². The van der Waals surface area contributed by atoms with E-state index >= 15 is 0 Å². The summed E-state index contributed by atoms with van der Waals surface area (Å²) in [6.45, 7) is 0. The number of imidazole rings is 1. The minimum Gasteiger partial charge on any atom is -0.359 e. The molecule has 2 N–H and O–H groups in total. The molecule has 1 saturated carbocycles. The van der Waals surface area contributed by atoms with Crippen LogP contribution in [0.25, 0.3) is 22.2 Å². The molecule has 1 saturated heterocycles. The highest BCUT2D eigenvalue weighted by molar-refractivity contribution is 5.86. The van der Waals surface area contributed by atoms with Gasteiger partial charge in [-0.2, -0.15) is 5.26 Å². The van der Waals surface area contributed by atoms with E-state index in [1.807, 2.05) is 42.9 Å². The molecule has 0 radical (unpaired) electrons. The standard InChI is InChI=1S/C26H28FN5O/c1-29-26-31-22-13-17(6-8-23(22)32(26)2)16-3-4-18(21(27)12-16)9-15(14-28)10-24(33)25-19-5-7-20(11-19)30-25/h3-4,6,8,12-13,15,19-20,25,30H,5,7,9-11H2,1-2H3,(H,29,31)/t15-,19+,20-,25+/m1/s1. The third-order valence-corrected chi connectivity index (χ3v) is 7.29. The molecule has 0 unspecified atom stereocenters. The molecule has 6 nitrogen and oxygen atoms in total. The Bertz CT molecular complexity index is 1260. The SMILES string of the molecule is CNc1nc2cc(-c3ccc(C[C@@H](C#N)CC(=O)[C@H]4N[C@@H]5CC[C@H]4C5)c(F)c3)ccc2n1C. The minimum absolute atomic E-state index is 0.0929. The largest absolute Gasteiger partial charge is 0.359 e. The van der Waals surface area contributed by atoms with Crippen LogP contribution in [0.5, 0.6) is 0 Å². The topological polar surface area (TPSA) is 82.7 Å². The molecule has 7 heteroatoms. The van der Waals surface area contributed by atoms with Crippen molar-refractivity contribution in [2.75, 3.05) is 12.4 Å². The number of nitrogens with zero attached hydrogens (tertiary/aromatic N) is 3. The molecule has 3 aromatic rings. The zero-order valence-corrected chi connectivity index (χ0v) is 18.9. The van der Waals surface area contributed by atoms with Crippen LogP contribution in [0.2, 0.25) is 0 Å². The van der Waals surface area contributed by atoms with Gasteiger partial charge >= 0.3 is 0 Å². The quantitative estimate of drug-likeness (QED) is 0.570. The van der Waals surface area contributed by atoms with Gasteiger partial charge in [0.1, 0.15) is 5.82 Å². The summed E-state index contributed by atoms with van der Waals surface area (Å²) in [6.07, 6.45) is 3.69. The van der Waals surface area contributed by atoms with E-state index in [1.54, 1.807) is 6.07 Å². The third kappa shape index (κ3) is 4.00. The van der Waals surface area contributed by atoms with Crippen molar-refractivity contribution in [1.29, 1.82) is 5.26 Å². The Kier molecular flexibility index (Phi) is 5.63. The van der Waals surface area contributed by atoms with Gasteiger partial charge in [0.05, 0.1) is 29.1 Å². The van der Waals surface area contributed by atoms with Gasteiger partial charge in [0, 0.05) is 26.6 Å². The molecule has 2 fully saturated rings. The molecular weight excluding hydrogens is 417 g/mol. The summed E-state index contributed by atoms with van der Waals surface area (Å²) in [7, 11) is 3.77. The summed E-state index contributed by atoms with van der Waals surface area (Å²) in [5.74, 6) is 0.383. The second kappa shape index (κ2) is 8.60. The Balaban J connectivity index is 1.30. The van der Waals surface area contributed by atoms with Gasteiger partial charge in [-0.25, -0.2) is 9.37 Å². The Labute approximate surface area is 192 Å². The van der Waals surface area contributed by atoms with E-state index in [1.165, 1.54) is 6.07 Å². The Hall–Kier alpha value is -3.24. The summed E-state index contributed by atoms with van der Waals surface area (Å²) >= 11 is 0. The first-order chi connectivity index (χ1) is 16.0. The first-order valence-electron chi connectivity index (χ1n) is 11.6. The van der Waals surface area contributed by atoms with E-state index in [-0.39, 0.29) is 30.5 Å². The predicted octanol–water partition coefficient (Wildman–Crippen LogP) is 4.20. The number of ketones is 1. The number of benzene rings is 2. The van der Waals surface area contributed by atoms with Crippen LogP contribution < -0.4 is 10.6 Å². The number of fused-ring (bicyclic) bond motifs is 3. The summed E-state index contributed by atoms with van der Waals surface area (Å²) in [4.78, 5) is 17.3. The number of carbonyl (C=O) groups is 1. The molecular formula is C26H28FN5O. The number of aromatic nitrogens is 2. The number of rotatable bonds is 7. The van der Waals surface area contributed by atoms with E-state index in [0.717, 1.165) is 47.4 Å². The third-order valence-electron chi connectivity index (χ3n) is 7.29. The molecule has 4 atom stereocenters. The minimum atomic E-state index is -0.524. The van der Waals surface area contributed by atoms with Gasteiger partial charge in [-0.05, 0) is 66.5 Å². The summed E-state index contributed by atoms with van der Waals surface area (Å²) < 4.78 is 17.0. The normalized spacial score (nSPS) is 22.4. The Morgan fingerprint density at radius 3 is 2.76 bits per heavy atom. The number of nitrogens with one attached hydrogen (secondary N) is 2. The fraction of sp³-hybridized carbons (Fsp3) is 0.423. The van der Waals surface area contributed by atoms with E-state index < -0.39 is 5.92 Å². The lowest BCUT2D eigenvalue weighted by atomic mass is 9.88. The van der Waals surface area contributed by atoms with Crippen molar-refractivity contribution >= 4 is 22.8 Å². The maximum absolute atomic E-state index is 15.0. The fourth-order valence-corrected chi connectivity index (χ4v) is 5.51. The van der Waals surface area contributed by atoms with Gasteiger partial charge in [0.15, 0.2) is 5.78 Å². The molecule has 1 aliphatic carbocycles. The average Bonchev–Trinajstić information content (AvgIpc) is 3.54. The number of halogens is 1. The van der Waals surface area contributed by atoms with Crippen molar-refractivity contribution < 1.29 is 9.18 Å². The molecule has 2 aliphatic rings. The lowest BCUT2D eigenvalue weighted by molar-refractivity contribution is -0.122. The van der Waals surface area contributed by atoms with Crippen molar-refractivity contribution in [3.05, 3.63) is 47.8 Å². The van der Waals surface area contributed by atoms with Crippen LogP contribution in [0.1, 0.15) is 31.2 Å². The van der Waals surface area contributed by atoms with Crippen molar-refractivity contribution in [3.8, 4) is 17.2 Å². The molecule has 2 bridgehead atoms. The lowest BCUT2D eigenvalue weighted by Gasteiger charge is -2.22. The zero-order valence-electron chi connectivity index (χ0n) is 18.9. The lowest BCUT2D eigenvalue weighted by Crippen LogP contribution is -2.42. The van der Waals surface area contributed by atoms with Gasteiger partial charge in [-0.1, -0.05) is 18.2 Å². The van der Waals surface area contributed by atoms with Crippen molar-refractivity contribution in [3.63, 3.8) is 0 Å². The number of hydrogen-bond donors (Lipinski definition) is 2. The van der Waals surface area contributed by atoms with Crippen molar-refractivity contribution in [2.45, 2.75) is 44.2 Å². The number of piperidine rings is 1. The molecule has 5 rings (SSSR count). The monoisotopic (exact) mass is 445 g/mol. The van der Waals surface area contributed by atoms with Gasteiger partial charge in [0.25, 0.3) is 0 Å². The highest BCUT2D eigenvalue weighted by Gasteiger charge is 2.42. The summed E-state index contributed by atoms with van der Waals surface area (Å²) in [6, 6.07) is 13.5. The van der Waals surface area contributed by atoms with Gasteiger partial charge < -0.3 is 15.2 Å². The predicted molar refractivity (Wildman–Crippen MR) is 126 cm³/mol. The Morgan fingerprint density at radius 2 is 2.09 bits per heavy atom. The van der Waals surface area contributed by atoms with Gasteiger partial charge in [-0.15, -0.1) is 0 Å². The van der Waals surface area contributed by atoms with Gasteiger partial charge in [-0.3, -0.25) is 4.79 Å². The first kappa shape index (κ1) is 21.6. The molecule has 0 amide bonds. The van der Waals surface area contributed by atoms with Crippen molar-refractivity contribution in [1.82, 2.24) is 14.9 Å². The molecule has 2 aromatic carbocycles. The van der Waals surface area contributed by atoms with Crippen LogP contribution >= 0.6 is 0 Å². The van der Waals surface area contributed by atoms with Crippen molar-refractivity contribution in [2.24, 2.45) is 18.9 Å². The molecule has 33 heavy (non-hydrogen) atoms. The van der Waals surface area contributed by atoms with E-state index in [0.29, 0.717) is 17.5 Å². The molecule has 170 valence electrons. The number of aryl methyl sites for hydroxylation is 1. The second-order valence-corrected chi connectivity index (χ2v) is 9.37. The highest BCUT2D eigenvalue weighted by atomic mass is 19.1. The molecule has 1 aromatic heterocycles. The summed E-state index contributed by atoms with van der Waals surface area (Å²) in [5, 5.41) is 16.1. The highest BCUT2D eigenvalue weighted by Crippen LogP contribution is 2.36. The number of carbonyl (C=O) groups excluding carboxylic acids is 1. The number of hydrogen-bond acceptors (Lipinski definition) is 5. The maximum atomic E-state index is 15.0. The Morgan fingerprint density at radius 1 is 1.30 bits per heavy atom. The van der Waals surface area contributed by atoms with Crippen LogP contribution in [0.15, 0.2) is 36.4 Å². The number of Topliss-reactive ketones (excluding diaryl/α,β-unsaturated/α-hetero) is 1. The van der Waals surface area contributed by atoms with Crippen LogP contribution in [0.3, 0.4) is 0 Å². The first-order valence-corrected chi connectivity index (χ1v) is 11.6. The van der Waals surface area contributed by atoms with Crippen LogP contribution in [-0.2, 0) is 18.3 Å². The van der Waals surface area contributed by atoms with E-state index in [4.69, 9.17) is 0 Å². The van der Waals surface area contributed by atoms with Crippen LogP contribution in [0.4, 0.5) is 10.3 Å². The maximum Gasteiger partial charge on any atom is 0.203 e. The number of anilines is 1. The van der Waals surface area contributed by atoms with E-state index in [9.17, 15) is 14.4 Å². The molecule has 2 heterocycles. The average molecular weight is 446 g/mol. The van der Waals surface area contributed by atoms with Gasteiger partial charge in [0.2, 0.25) is 5.95 Å². The van der Waals surface area contributed by atoms with Crippen LogP contribution in [0, 0.1) is 29.0 Å².